The third-order valence-electron chi connectivity index (χ3n) is 2.63. The number of rotatable bonds is 5. The molecule has 1 N–H and O–H groups in total. The molecule has 17 heavy (non-hydrogen) atoms. The predicted molar refractivity (Wildman–Crippen MR) is 67.6 cm³/mol. The van der Waals surface area contributed by atoms with Crippen LogP contribution in [0.2, 0.25) is 0 Å². The maximum atomic E-state index is 13.3. The van der Waals surface area contributed by atoms with Crippen LogP contribution in [-0.4, -0.2) is 17.8 Å². The van der Waals surface area contributed by atoms with E-state index in [0.29, 0.717) is 11.4 Å². The molecule has 0 radical (unpaired) electrons. The largest absolute Gasteiger partial charge is 0.352 e. The highest BCUT2D eigenvalue weighted by Gasteiger charge is 2.15. The Balaban J connectivity index is 2.58. The van der Waals surface area contributed by atoms with Gasteiger partial charge in [-0.2, -0.15) is 0 Å². The molecule has 94 valence electrons. The molecule has 0 heterocycles. The van der Waals surface area contributed by atoms with Gasteiger partial charge in [-0.3, -0.25) is 4.79 Å². The average molecular weight is 258 g/mol. The summed E-state index contributed by atoms with van der Waals surface area (Å²) < 4.78 is 13.3. The standard InChI is InChI=1S/C13H17ClFNO/c1-9(2)12(8-14)16-13(17)7-10-5-3-4-6-11(10)15/h3-6,9,12H,7-8H2,1-2H3,(H,16,17). The monoisotopic (exact) mass is 257 g/mol. The molecule has 0 spiro atoms. The van der Waals surface area contributed by atoms with Gasteiger partial charge < -0.3 is 5.32 Å². The molecule has 0 aliphatic rings. The van der Waals surface area contributed by atoms with Crippen molar-refractivity contribution < 1.29 is 9.18 Å². The van der Waals surface area contributed by atoms with E-state index in [4.69, 9.17) is 11.6 Å². The predicted octanol–water partition coefficient (Wildman–Crippen LogP) is 2.75. The first kappa shape index (κ1) is 14.0. The van der Waals surface area contributed by atoms with Gasteiger partial charge in [0.1, 0.15) is 5.82 Å². The Labute approximate surface area is 106 Å². The molecule has 0 aliphatic heterocycles. The van der Waals surface area contributed by atoms with Gasteiger partial charge in [0.2, 0.25) is 5.91 Å². The summed E-state index contributed by atoms with van der Waals surface area (Å²) in [5.74, 6) is 0.0712. The molecule has 4 heteroatoms. The van der Waals surface area contributed by atoms with Crippen molar-refractivity contribution in [3.8, 4) is 0 Å². The first-order valence-corrected chi connectivity index (χ1v) is 6.16. The Bertz CT molecular complexity index is 381. The second-order valence-electron chi connectivity index (χ2n) is 4.34. The van der Waals surface area contributed by atoms with Gasteiger partial charge in [0, 0.05) is 11.9 Å². The first-order valence-electron chi connectivity index (χ1n) is 5.63. The molecule has 1 aromatic rings. The van der Waals surface area contributed by atoms with Gasteiger partial charge in [-0.25, -0.2) is 4.39 Å². The second-order valence-corrected chi connectivity index (χ2v) is 4.65. The zero-order valence-electron chi connectivity index (χ0n) is 10.0. The fourth-order valence-corrected chi connectivity index (χ4v) is 1.89. The Morgan fingerprint density at radius 2 is 2.06 bits per heavy atom. The summed E-state index contributed by atoms with van der Waals surface area (Å²) in [6.07, 6.45) is 0.0484. The number of amides is 1. The molecule has 0 saturated carbocycles. The Morgan fingerprint density at radius 1 is 1.41 bits per heavy atom. The number of carbonyl (C=O) groups is 1. The highest BCUT2D eigenvalue weighted by Crippen LogP contribution is 2.08. The van der Waals surface area contributed by atoms with Gasteiger partial charge in [0.05, 0.1) is 6.42 Å². The highest BCUT2D eigenvalue weighted by molar-refractivity contribution is 6.18. The van der Waals surface area contributed by atoms with Gasteiger partial charge >= 0.3 is 0 Å². The fraction of sp³-hybridized carbons (Fsp3) is 0.462. The number of carbonyl (C=O) groups excluding carboxylic acids is 1. The lowest BCUT2D eigenvalue weighted by atomic mass is 10.1. The summed E-state index contributed by atoms with van der Waals surface area (Å²) in [7, 11) is 0. The number of benzene rings is 1. The first-order chi connectivity index (χ1) is 8.04. The number of hydrogen-bond donors (Lipinski definition) is 1. The molecule has 2 nitrogen and oxygen atoms in total. The Morgan fingerprint density at radius 3 is 2.59 bits per heavy atom. The third-order valence-corrected chi connectivity index (χ3v) is 2.96. The van der Waals surface area contributed by atoms with E-state index in [1.54, 1.807) is 18.2 Å². The second kappa shape index (κ2) is 6.60. The van der Waals surface area contributed by atoms with E-state index in [2.05, 4.69) is 5.32 Å². The van der Waals surface area contributed by atoms with Crippen LogP contribution in [0.1, 0.15) is 19.4 Å². The van der Waals surface area contributed by atoms with Gasteiger partial charge in [-0.15, -0.1) is 11.6 Å². The van der Waals surface area contributed by atoms with Crippen LogP contribution in [-0.2, 0) is 11.2 Å². The summed E-state index contributed by atoms with van der Waals surface area (Å²) in [5, 5.41) is 2.80. The van der Waals surface area contributed by atoms with Crippen LogP contribution in [0, 0.1) is 11.7 Å². The zero-order valence-corrected chi connectivity index (χ0v) is 10.8. The molecule has 0 bridgehead atoms. The fourth-order valence-electron chi connectivity index (χ4n) is 1.46. The number of hydrogen-bond acceptors (Lipinski definition) is 1. The SMILES string of the molecule is CC(C)C(CCl)NC(=O)Cc1ccccc1F. The molecule has 1 atom stereocenters. The van der Waals surface area contributed by atoms with Gasteiger partial charge in [0.15, 0.2) is 0 Å². The summed E-state index contributed by atoms with van der Waals surface area (Å²) >= 11 is 5.75. The molecule has 0 aromatic heterocycles. The summed E-state index contributed by atoms with van der Waals surface area (Å²) in [4.78, 5) is 11.7. The van der Waals surface area contributed by atoms with Crippen LogP contribution in [0.15, 0.2) is 24.3 Å². The van der Waals surface area contributed by atoms with Crippen molar-refractivity contribution in [2.45, 2.75) is 26.3 Å². The number of halogens is 2. The Hall–Kier alpha value is -1.09. The van der Waals surface area contributed by atoms with Crippen molar-refractivity contribution in [2.24, 2.45) is 5.92 Å². The maximum Gasteiger partial charge on any atom is 0.224 e. The zero-order chi connectivity index (χ0) is 12.8. The van der Waals surface area contributed by atoms with E-state index < -0.39 is 0 Å². The van der Waals surface area contributed by atoms with Crippen molar-refractivity contribution in [3.05, 3.63) is 35.6 Å². The Kier molecular flexibility index (Phi) is 5.42. The van der Waals surface area contributed by atoms with Crippen LogP contribution in [0.3, 0.4) is 0 Å². The number of alkyl halides is 1. The minimum Gasteiger partial charge on any atom is -0.352 e. The van der Waals surface area contributed by atoms with Crippen LogP contribution in [0.25, 0.3) is 0 Å². The van der Waals surface area contributed by atoms with Crippen LogP contribution in [0.4, 0.5) is 4.39 Å². The maximum absolute atomic E-state index is 13.3. The van der Waals surface area contributed by atoms with E-state index in [1.165, 1.54) is 6.07 Å². The lowest BCUT2D eigenvalue weighted by molar-refractivity contribution is -0.121. The minimum atomic E-state index is -0.352. The molecular formula is C13H17ClFNO. The van der Waals surface area contributed by atoms with Crippen molar-refractivity contribution in [1.29, 1.82) is 0 Å². The van der Waals surface area contributed by atoms with Crippen molar-refractivity contribution in [2.75, 3.05) is 5.88 Å². The van der Waals surface area contributed by atoms with Crippen molar-refractivity contribution in [1.82, 2.24) is 5.32 Å². The van der Waals surface area contributed by atoms with Crippen LogP contribution >= 0.6 is 11.6 Å². The van der Waals surface area contributed by atoms with Crippen LogP contribution in [0.5, 0.6) is 0 Å². The van der Waals surface area contributed by atoms with Gasteiger partial charge in [-0.05, 0) is 17.5 Å². The van der Waals surface area contributed by atoms with E-state index in [0.717, 1.165) is 0 Å². The van der Waals surface area contributed by atoms with E-state index >= 15 is 0 Å². The molecular weight excluding hydrogens is 241 g/mol. The molecule has 1 rings (SSSR count). The lowest BCUT2D eigenvalue weighted by Crippen LogP contribution is -2.40. The van der Waals surface area contributed by atoms with Crippen molar-refractivity contribution in [3.63, 3.8) is 0 Å². The smallest absolute Gasteiger partial charge is 0.224 e. The molecule has 0 saturated heterocycles. The van der Waals surface area contributed by atoms with E-state index in [1.807, 2.05) is 13.8 Å². The molecule has 1 amide bonds. The molecule has 1 aromatic carbocycles. The van der Waals surface area contributed by atoms with E-state index in [9.17, 15) is 9.18 Å². The third kappa shape index (κ3) is 4.35. The van der Waals surface area contributed by atoms with Crippen LogP contribution < -0.4 is 5.32 Å². The number of nitrogens with one attached hydrogen (secondary N) is 1. The normalized spacial score (nSPS) is 12.5. The molecule has 1 unspecified atom stereocenters. The topological polar surface area (TPSA) is 29.1 Å². The summed E-state index contributed by atoms with van der Waals surface area (Å²) in [6.45, 7) is 3.97. The highest BCUT2D eigenvalue weighted by atomic mass is 35.5. The lowest BCUT2D eigenvalue weighted by Gasteiger charge is -2.19. The van der Waals surface area contributed by atoms with Gasteiger partial charge in [0.25, 0.3) is 0 Å². The van der Waals surface area contributed by atoms with E-state index in [-0.39, 0.29) is 30.1 Å². The summed E-state index contributed by atoms with van der Waals surface area (Å²) in [6, 6.07) is 6.21. The molecule has 0 fully saturated rings. The van der Waals surface area contributed by atoms with Crippen molar-refractivity contribution >= 4 is 17.5 Å². The average Bonchev–Trinajstić information content (AvgIpc) is 2.28. The summed E-state index contributed by atoms with van der Waals surface area (Å²) in [5.41, 5.74) is 0.405. The quantitative estimate of drug-likeness (QED) is 0.808. The molecule has 0 aliphatic carbocycles. The minimum absolute atomic E-state index is 0.0484. The van der Waals surface area contributed by atoms with Gasteiger partial charge in [-0.1, -0.05) is 32.0 Å².